The monoisotopic (exact) mass is 322 g/mol. The smallest absolute Gasteiger partial charge is 0.303 e. The van der Waals surface area contributed by atoms with Crippen LogP contribution in [-0.4, -0.2) is 22.3 Å². The van der Waals surface area contributed by atoms with Gasteiger partial charge in [-0.15, -0.1) is 0 Å². The summed E-state index contributed by atoms with van der Waals surface area (Å²) in [4.78, 5) is 10.3. The summed E-state index contributed by atoms with van der Waals surface area (Å²) in [6, 6.07) is 0. The Morgan fingerprint density at radius 2 is 1.61 bits per heavy atom. The van der Waals surface area contributed by atoms with Crippen LogP contribution in [0.1, 0.15) is 77.6 Å². The van der Waals surface area contributed by atoms with Crippen molar-refractivity contribution in [2.45, 2.75) is 83.7 Å². The van der Waals surface area contributed by atoms with E-state index >= 15 is 0 Å². The summed E-state index contributed by atoms with van der Waals surface area (Å²) in [5, 5.41) is 18.4. The number of hydrogen-bond donors (Lipinski definition) is 2. The molecule has 0 aliphatic carbocycles. The van der Waals surface area contributed by atoms with Crippen molar-refractivity contribution >= 4 is 5.97 Å². The third-order valence-electron chi connectivity index (χ3n) is 3.59. The van der Waals surface area contributed by atoms with E-state index < -0.39 is 5.97 Å². The van der Waals surface area contributed by atoms with Crippen molar-refractivity contribution in [3.05, 3.63) is 36.5 Å². The van der Waals surface area contributed by atoms with Gasteiger partial charge in [0.25, 0.3) is 0 Å². The first kappa shape index (κ1) is 21.6. The van der Waals surface area contributed by atoms with Gasteiger partial charge in [0, 0.05) is 6.42 Å². The zero-order valence-corrected chi connectivity index (χ0v) is 14.6. The molecular weight excluding hydrogens is 288 g/mol. The van der Waals surface area contributed by atoms with Gasteiger partial charge in [0.15, 0.2) is 0 Å². The van der Waals surface area contributed by atoms with Crippen molar-refractivity contribution in [2.75, 3.05) is 0 Å². The van der Waals surface area contributed by atoms with Crippen LogP contribution in [0, 0.1) is 0 Å². The number of rotatable bonds is 15. The molecule has 1 atom stereocenters. The first-order valence-corrected chi connectivity index (χ1v) is 9.01. The number of unbranched alkanes of at least 4 members (excludes halogenated alkanes) is 4. The van der Waals surface area contributed by atoms with E-state index in [0.717, 1.165) is 64.2 Å². The molecule has 0 aromatic heterocycles. The second kappa shape index (κ2) is 17.0. The second-order valence-corrected chi connectivity index (χ2v) is 5.87. The van der Waals surface area contributed by atoms with E-state index in [4.69, 9.17) is 5.11 Å². The maximum Gasteiger partial charge on any atom is 0.303 e. The lowest BCUT2D eigenvalue weighted by Gasteiger charge is -2.04. The number of carbonyl (C=O) groups is 1. The van der Waals surface area contributed by atoms with Crippen LogP contribution in [0.5, 0.6) is 0 Å². The summed E-state index contributed by atoms with van der Waals surface area (Å²) in [6.07, 6.45) is 22.4. The molecule has 0 aliphatic heterocycles. The van der Waals surface area contributed by atoms with Crippen LogP contribution in [0.4, 0.5) is 0 Å². The Balaban J connectivity index is 3.40. The summed E-state index contributed by atoms with van der Waals surface area (Å²) in [6.45, 7) is 2.12. The fourth-order valence-corrected chi connectivity index (χ4v) is 2.23. The van der Waals surface area contributed by atoms with Crippen molar-refractivity contribution in [3.8, 4) is 0 Å². The highest BCUT2D eigenvalue weighted by Gasteiger charge is 1.99. The first-order chi connectivity index (χ1) is 11.2. The molecule has 0 bridgehead atoms. The molecule has 132 valence electrons. The molecule has 3 heteroatoms. The third-order valence-corrected chi connectivity index (χ3v) is 3.59. The standard InChI is InChI=1S/C20H34O3/c1-2-3-4-5-10-13-16-19(21)17-14-11-8-6-7-9-12-15-18-20(22)23/h3-4,8,10-11,13,19,21H,2,5-7,9,12,14-18H2,1H3,(H,22,23)/b4-3-,11-8-,13-10-. The van der Waals surface area contributed by atoms with Crippen molar-refractivity contribution in [1.29, 1.82) is 0 Å². The van der Waals surface area contributed by atoms with Crippen LogP contribution in [0.3, 0.4) is 0 Å². The molecule has 0 saturated carbocycles. The van der Waals surface area contributed by atoms with E-state index in [-0.39, 0.29) is 12.5 Å². The van der Waals surface area contributed by atoms with Gasteiger partial charge in [-0.05, 0) is 51.4 Å². The highest BCUT2D eigenvalue weighted by molar-refractivity contribution is 5.66. The van der Waals surface area contributed by atoms with E-state index in [1.807, 2.05) is 0 Å². The number of aliphatic hydroxyl groups excluding tert-OH is 1. The van der Waals surface area contributed by atoms with Gasteiger partial charge in [-0.1, -0.05) is 56.2 Å². The second-order valence-electron chi connectivity index (χ2n) is 5.87. The van der Waals surface area contributed by atoms with Gasteiger partial charge in [-0.3, -0.25) is 4.79 Å². The molecule has 0 aliphatic rings. The maximum absolute atomic E-state index is 10.3. The van der Waals surface area contributed by atoms with Crippen molar-refractivity contribution in [3.63, 3.8) is 0 Å². The minimum Gasteiger partial charge on any atom is -0.481 e. The highest BCUT2D eigenvalue weighted by Crippen LogP contribution is 2.08. The first-order valence-electron chi connectivity index (χ1n) is 9.01. The molecule has 0 heterocycles. The van der Waals surface area contributed by atoms with E-state index in [9.17, 15) is 9.90 Å². The summed E-state index contributed by atoms with van der Waals surface area (Å²) >= 11 is 0. The average molecular weight is 322 g/mol. The van der Waals surface area contributed by atoms with Crippen LogP contribution in [0.2, 0.25) is 0 Å². The molecule has 1 unspecified atom stereocenters. The quantitative estimate of drug-likeness (QED) is 0.313. The van der Waals surface area contributed by atoms with Crippen LogP contribution >= 0.6 is 0 Å². The molecule has 2 N–H and O–H groups in total. The van der Waals surface area contributed by atoms with Gasteiger partial charge >= 0.3 is 5.97 Å². The summed E-state index contributed by atoms with van der Waals surface area (Å²) in [5.41, 5.74) is 0. The Labute approximate surface area is 141 Å². The topological polar surface area (TPSA) is 57.5 Å². The molecule has 0 rings (SSSR count). The molecule has 23 heavy (non-hydrogen) atoms. The van der Waals surface area contributed by atoms with Gasteiger partial charge in [-0.25, -0.2) is 0 Å². The molecular formula is C20H34O3. The molecule has 0 aromatic carbocycles. The predicted molar refractivity (Wildman–Crippen MR) is 97.5 cm³/mol. The lowest BCUT2D eigenvalue weighted by molar-refractivity contribution is -0.137. The molecule has 3 nitrogen and oxygen atoms in total. The van der Waals surface area contributed by atoms with Crippen molar-refractivity contribution in [1.82, 2.24) is 0 Å². The Morgan fingerprint density at radius 1 is 0.913 bits per heavy atom. The fraction of sp³-hybridized carbons (Fsp3) is 0.650. The van der Waals surface area contributed by atoms with Gasteiger partial charge in [0.2, 0.25) is 0 Å². The largest absolute Gasteiger partial charge is 0.481 e. The Morgan fingerprint density at radius 3 is 2.35 bits per heavy atom. The number of carboxylic acid groups (broad SMARTS) is 1. The van der Waals surface area contributed by atoms with Gasteiger partial charge in [0.1, 0.15) is 0 Å². The van der Waals surface area contributed by atoms with E-state index in [0.29, 0.717) is 0 Å². The van der Waals surface area contributed by atoms with Crippen molar-refractivity contribution < 1.29 is 15.0 Å². The molecule has 0 aromatic rings. The van der Waals surface area contributed by atoms with Crippen LogP contribution in [0.15, 0.2) is 36.5 Å². The summed E-state index contributed by atoms with van der Waals surface area (Å²) < 4.78 is 0. The van der Waals surface area contributed by atoms with Crippen LogP contribution in [0.25, 0.3) is 0 Å². The summed E-state index contributed by atoms with van der Waals surface area (Å²) in [7, 11) is 0. The number of carboxylic acids is 1. The predicted octanol–water partition coefficient (Wildman–Crippen LogP) is 5.41. The maximum atomic E-state index is 10.3. The van der Waals surface area contributed by atoms with E-state index in [1.54, 1.807) is 0 Å². The lowest BCUT2D eigenvalue weighted by atomic mass is 10.1. The van der Waals surface area contributed by atoms with E-state index in [1.165, 1.54) is 0 Å². The Hall–Kier alpha value is -1.35. The average Bonchev–Trinajstić information content (AvgIpc) is 2.52. The Bertz CT molecular complexity index is 356. The molecule has 0 spiro atoms. The number of aliphatic hydroxyl groups is 1. The lowest BCUT2D eigenvalue weighted by Crippen LogP contribution is -2.03. The number of aliphatic carboxylic acids is 1. The normalized spacial score (nSPS) is 13.5. The minimum atomic E-state index is -0.698. The molecule has 0 radical (unpaired) electrons. The van der Waals surface area contributed by atoms with Gasteiger partial charge in [0.05, 0.1) is 6.10 Å². The van der Waals surface area contributed by atoms with Gasteiger partial charge in [-0.2, -0.15) is 0 Å². The SMILES string of the molecule is CC/C=C\C/C=C\CC(O)CC/C=C\CCCCCCC(=O)O. The Kier molecular flexibility index (Phi) is 16.0. The zero-order chi connectivity index (χ0) is 17.2. The van der Waals surface area contributed by atoms with Crippen LogP contribution in [-0.2, 0) is 4.79 Å². The molecule has 0 saturated heterocycles. The van der Waals surface area contributed by atoms with E-state index in [2.05, 4.69) is 43.4 Å². The highest BCUT2D eigenvalue weighted by atomic mass is 16.4. The third kappa shape index (κ3) is 18.6. The molecule has 0 amide bonds. The zero-order valence-electron chi connectivity index (χ0n) is 14.6. The van der Waals surface area contributed by atoms with Gasteiger partial charge < -0.3 is 10.2 Å². The van der Waals surface area contributed by atoms with Crippen LogP contribution < -0.4 is 0 Å². The minimum absolute atomic E-state index is 0.248. The number of allylic oxidation sites excluding steroid dienone is 5. The summed E-state index contributed by atoms with van der Waals surface area (Å²) in [5.74, 6) is -0.698. The molecule has 0 fully saturated rings. The van der Waals surface area contributed by atoms with Crippen molar-refractivity contribution in [2.24, 2.45) is 0 Å². The number of hydrogen-bond acceptors (Lipinski definition) is 2. The fourth-order valence-electron chi connectivity index (χ4n) is 2.23.